The highest BCUT2D eigenvalue weighted by atomic mass is 79.9. The van der Waals surface area contributed by atoms with Crippen molar-refractivity contribution in [3.63, 3.8) is 0 Å². The van der Waals surface area contributed by atoms with Gasteiger partial charge in [0.25, 0.3) is 0 Å². The van der Waals surface area contributed by atoms with Crippen LogP contribution in [0.15, 0.2) is 22.7 Å². The third kappa shape index (κ3) is 5.21. The molecule has 0 saturated carbocycles. The second kappa shape index (κ2) is 8.67. The fourth-order valence-corrected chi connectivity index (χ4v) is 2.67. The van der Waals surface area contributed by atoms with E-state index in [1.54, 1.807) is 0 Å². The van der Waals surface area contributed by atoms with Crippen molar-refractivity contribution in [3.8, 4) is 0 Å². The van der Waals surface area contributed by atoms with Crippen molar-refractivity contribution in [2.45, 2.75) is 45.3 Å². The SMILES string of the molecule is CCCC(OCC)C(Cc1ccc(F)c(Br)c1)NC. The lowest BCUT2D eigenvalue weighted by molar-refractivity contribution is 0.0301. The third-order valence-corrected chi connectivity index (χ3v) is 3.82. The smallest absolute Gasteiger partial charge is 0.137 e. The molecule has 0 heterocycles. The zero-order valence-electron chi connectivity index (χ0n) is 11.9. The van der Waals surface area contributed by atoms with E-state index < -0.39 is 0 Å². The summed E-state index contributed by atoms with van der Waals surface area (Å²) in [6, 6.07) is 5.42. The van der Waals surface area contributed by atoms with Gasteiger partial charge < -0.3 is 10.1 Å². The highest BCUT2D eigenvalue weighted by Gasteiger charge is 2.20. The van der Waals surface area contributed by atoms with Crippen LogP contribution < -0.4 is 5.32 Å². The molecule has 0 aromatic heterocycles. The summed E-state index contributed by atoms with van der Waals surface area (Å²) >= 11 is 3.23. The predicted molar refractivity (Wildman–Crippen MR) is 81.0 cm³/mol. The first-order valence-electron chi connectivity index (χ1n) is 6.85. The summed E-state index contributed by atoms with van der Waals surface area (Å²) in [5.74, 6) is -0.223. The molecule has 1 rings (SSSR count). The Morgan fingerprint density at radius 3 is 2.63 bits per heavy atom. The number of hydrogen-bond acceptors (Lipinski definition) is 2. The van der Waals surface area contributed by atoms with E-state index in [9.17, 15) is 4.39 Å². The first kappa shape index (κ1) is 16.6. The first-order valence-corrected chi connectivity index (χ1v) is 7.64. The van der Waals surface area contributed by atoms with Crippen LogP contribution in [0.3, 0.4) is 0 Å². The molecule has 0 spiro atoms. The maximum Gasteiger partial charge on any atom is 0.137 e. The van der Waals surface area contributed by atoms with Gasteiger partial charge in [-0.25, -0.2) is 4.39 Å². The topological polar surface area (TPSA) is 21.3 Å². The molecule has 2 nitrogen and oxygen atoms in total. The highest BCUT2D eigenvalue weighted by Crippen LogP contribution is 2.19. The van der Waals surface area contributed by atoms with Gasteiger partial charge in [-0.1, -0.05) is 19.4 Å². The first-order chi connectivity index (χ1) is 9.12. The lowest BCUT2D eigenvalue weighted by Gasteiger charge is -2.26. The van der Waals surface area contributed by atoms with Crippen LogP contribution >= 0.6 is 15.9 Å². The van der Waals surface area contributed by atoms with Crippen molar-refractivity contribution in [1.29, 1.82) is 0 Å². The molecular weight excluding hydrogens is 309 g/mol. The van der Waals surface area contributed by atoms with Gasteiger partial charge >= 0.3 is 0 Å². The minimum absolute atomic E-state index is 0.198. The Morgan fingerprint density at radius 1 is 1.37 bits per heavy atom. The van der Waals surface area contributed by atoms with Crippen LogP contribution in [0.1, 0.15) is 32.3 Å². The summed E-state index contributed by atoms with van der Waals surface area (Å²) in [5.41, 5.74) is 1.11. The molecule has 1 aromatic rings. The van der Waals surface area contributed by atoms with E-state index >= 15 is 0 Å². The van der Waals surface area contributed by atoms with Gasteiger partial charge in [-0.3, -0.25) is 0 Å². The highest BCUT2D eigenvalue weighted by molar-refractivity contribution is 9.10. The standard InChI is InChI=1S/C15H23BrFNO/c1-4-6-15(19-5-2)14(18-3)10-11-7-8-13(17)12(16)9-11/h7-9,14-15,18H,4-6,10H2,1-3H3. The van der Waals surface area contributed by atoms with Crippen molar-refractivity contribution in [2.75, 3.05) is 13.7 Å². The quantitative estimate of drug-likeness (QED) is 0.779. The molecular formula is C15H23BrFNO. The number of rotatable bonds is 8. The van der Waals surface area contributed by atoms with Gasteiger partial charge in [0, 0.05) is 12.6 Å². The van der Waals surface area contributed by atoms with Gasteiger partial charge in [0.15, 0.2) is 0 Å². The Kier molecular flexibility index (Phi) is 7.57. The second-order valence-corrected chi connectivity index (χ2v) is 5.48. The molecule has 2 atom stereocenters. The minimum Gasteiger partial charge on any atom is -0.377 e. The molecule has 2 unspecified atom stereocenters. The number of likely N-dealkylation sites (N-methyl/N-ethyl adjacent to an activating group) is 1. The van der Waals surface area contributed by atoms with Crippen LogP contribution in [0, 0.1) is 5.82 Å². The van der Waals surface area contributed by atoms with Crippen molar-refractivity contribution >= 4 is 15.9 Å². The Bertz CT molecular complexity index is 380. The van der Waals surface area contributed by atoms with Crippen LogP contribution in [0.2, 0.25) is 0 Å². The van der Waals surface area contributed by atoms with E-state index in [1.165, 1.54) is 6.07 Å². The fourth-order valence-electron chi connectivity index (χ4n) is 2.24. The lowest BCUT2D eigenvalue weighted by Crippen LogP contribution is -2.41. The number of nitrogens with one attached hydrogen (secondary N) is 1. The zero-order valence-corrected chi connectivity index (χ0v) is 13.5. The van der Waals surface area contributed by atoms with Crippen LogP contribution in [-0.2, 0) is 11.2 Å². The third-order valence-electron chi connectivity index (χ3n) is 3.21. The maximum atomic E-state index is 13.2. The van der Waals surface area contributed by atoms with Crippen molar-refractivity contribution < 1.29 is 9.13 Å². The van der Waals surface area contributed by atoms with Crippen LogP contribution in [0.25, 0.3) is 0 Å². The molecule has 108 valence electrons. The molecule has 1 aromatic carbocycles. The molecule has 0 aliphatic rings. The summed E-state index contributed by atoms with van der Waals surface area (Å²) in [6.45, 7) is 4.90. The van der Waals surface area contributed by atoms with E-state index in [0.29, 0.717) is 4.47 Å². The van der Waals surface area contributed by atoms with Gasteiger partial charge in [-0.2, -0.15) is 0 Å². The van der Waals surface area contributed by atoms with Gasteiger partial charge in [0.2, 0.25) is 0 Å². The number of hydrogen-bond donors (Lipinski definition) is 1. The van der Waals surface area contributed by atoms with Crippen LogP contribution in [0.4, 0.5) is 4.39 Å². The molecule has 0 bridgehead atoms. The van der Waals surface area contributed by atoms with Crippen LogP contribution in [0.5, 0.6) is 0 Å². The summed E-state index contributed by atoms with van der Waals surface area (Å²) < 4.78 is 19.6. The van der Waals surface area contributed by atoms with Gasteiger partial charge in [-0.15, -0.1) is 0 Å². The molecule has 19 heavy (non-hydrogen) atoms. The molecule has 0 fully saturated rings. The van der Waals surface area contributed by atoms with Gasteiger partial charge in [-0.05, 0) is 60.4 Å². The molecule has 0 saturated heterocycles. The Hall–Kier alpha value is -0.450. The Morgan fingerprint density at radius 2 is 2.11 bits per heavy atom. The zero-order chi connectivity index (χ0) is 14.3. The summed E-state index contributed by atoms with van der Waals surface area (Å²) in [5, 5.41) is 3.32. The summed E-state index contributed by atoms with van der Waals surface area (Å²) in [7, 11) is 1.95. The molecule has 0 amide bonds. The molecule has 0 aliphatic heterocycles. The Balaban J connectivity index is 2.75. The van der Waals surface area contributed by atoms with Crippen LogP contribution in [-0.4, -0.2) is 25.8 Å². The van der Waals surface area contributed by atoms with E-state index in [-0.39, 0.29) is 18.0 Å². The minimum atomic E-state index is -0.223. The monoisotopic (exact) mass is 331 g/mol. The number of halogens is 2. The van der Waals surface area contributed by atoms with Crippen molar-refractivity contribution in [1.82, 2.24) is 5.32 Å². The normalized spacial score (nSPS) is 14.4. The summed E-state index contributed by atoms with van der Waals surface area (Å²) in [6.07, 6.45) is 3.15. The van der Waals surface area contributed by atoms with Gasteiger partial charge in [0.05, 0.1) is 10.6 Å². The second-order valence-electron chi connectivity index (χ2n) is 4.63. The van der Waals surface area contributed by atoms with Gasteiger partial charge in [0.1, 0.15) is 5.82 Å². The average molecular weight is 332 g/mol. The number of ether oxygens (including phenoxy) is 1. The van der Waals surface area contributed by atoms with E-state index in [2.05, 4.69) is 28.2 Å². The Labute approximate surface area is 123 Å². The molecule has 0 aliphatic carbocycles. The largest absolute Gasteiger partial charge is 0.377 e. The van der Waals surface area contributed by atoms with E-state index in [4.69, 9.17) is 4.74 Å². The maximum absolute atomic E-state index is 13.2. The lowest BCUT2D eigenvalue weighted by atomic mass is 9.98. The average Bonchev–Trinajstić information content (AvgIpc) is 2.40. The van der Waals surface area contributed by atoms with Crippen molar-refractivity contribution in [2.24, 2.45) is 0 Å². The van der Waals surface area contributed by atoms with Crippen molar-refractivity contribution in [3.05, 3.63) is 34.1 Å². The predicted octanol–water partition coefficient (Wildman–Crippen LogP) is 3.92. The molecule has 4 heteroatoms. The summed E-state index contributed by atoms with van der Waals surface area (Å²) in [4.78, 5) is 0. The molecule has 1 N–H and O–H groups in total. The fraction of sp³-hybridized carbons (Fsp3) is 0.600. The molecule has 0 radical (unpaired) electrons. The van der Waals surface area contributed by atoms with E-state index in [1.807, 2.05) is 26.1 Å². The van der Waals surface area contributed by atoms with E-state index in [0.717, 1.165) is 31.4 Å². The number of benzene rings is 1.